The van der Waals surface area contributed by atoms with Crippen molar-refractivity contribution in [2.45, 2.75) is 13.3 Å². The molecule has 0 saturated carbocycles. The SMILES string of the molecule is CCc1c(Cl)[nH]c(=O)n(-c2ccc(I)cc2Cl)c1=O. The molecular formula is C12H9Cl2IN2O2. The van der Waals surface area contributed by atoms with Crippen LogP contribution < -0.4 is 11.2 Å². The van der Waals surface area contributed by atoms with Crippen LogP contribution in [-0.4, -0.2) is 9.55 Å². The predicted molar refractivity (Wildman–Crippen MR) is 84.8 cm³/mol. The normalized spacial score (nSPS) is 10.7. The van der Waals surface area contributed by atoms with Crippen LogP contribution in [0.5, 0.6) is 0 Å². The van der Waals surface area contributed by atoms with Crippen molar-refractivity contribution in [3.63, 3.8) is 0 Å². The molecule has 7 heteroatoms. The molecule has 19 heavy (non-hydrogen) atoms. The van der Waals surface area contributed by atoms with E-state index in [9.17, 15) is 9.59 Å². The number of benzene rings is 1. The molecule has 0 aliphatic rings. The summed E-state index contributed by atoms with van der Waals surface area (Å²) in [6, 6.07) is 5.09. The van der Waals surface area contributed by atoms with Crippen LogP contribution in [0.3, 0.4) is 0 Å². The molecule has 0 fully saturated rings. The molecule has 0 aliphatic heterocycles. The summed E-state index contributed by atoms with van der Waals surface area (Å²) in [7, 11) is 0. The standard InChI is InChI=1S/C12H9Cl2IN2O2/c1-2-7-10(14)16-12(19)17(11(7)18)9-4-3-6(15)5-8(9)13/h3-5H,2H2,1H3,(H,16,19). The van der Waals surface area contributed by atoms with Crippen LogP contribution in [0.1, 0.15) is 12.5 Å². The van der Waals surface area contributed by atoms with Crippen molar-refractivity contribution in [2.24, 2.45) is 0 Å². The summed E-state index contributed by atoms with van der Waals surface area (Å²) in [6.45, 7) is 1.79. The van der Waals surface area contributed by atoms with Crippen molar-refractivity contribution in [2.75, 3.05) is 0 Å². The van der Waals surface area contributed by atoms with Crippen molar-refractivity contribution in [3.05, 3.63) is 58.3 Å². The molecule has 4 nitrogen and oxygen atoms in total. The number of hydrogen-bond donors (Lipinski definition) is 1. The topological polar surface area (TPSA) is 54.9 Å². The molecule has 0 radical (unpaired) electrons. The Morgan fingerprint density at radius 1 is 1.32 bits per heavy atom. The van der Waals surface area contributed by atoms with Crippen LogP contribution in [0, 0.1) is 3.57 Å². The average molecular weight is 411 g/mol. The molecule has 0 atom stereocenters. The van der Waals surface area contributed by atoms with E-state index in [0.29, 0.717) is 22.7 Å². The van der Waals surface area contributed by atoms with Gasteiger partial charge >= 0.3 is 5.69 Å². The highest BCUT2D eigenvalue weighted by atomic mass is 127. The average Bonchev–Trinajstić information content (AvgIpc) is 2.31. The Bertz CT molecular complexity index is 752. The van der Waals surface area contributed by atoms with Crippen LogP contribution in [-0.2, 0) is 6.42 Å². The van der Waals surface area contributed by atoms with E-state index in [4.69, 9.17) is 23.2 Å². The van der Waals surface area contributed by atoms with Gasteiger partial charge in [0.05, 0.1) is 16.3 Å². The molecule has 1 N–H and O–H groups in total. The zero-order chi connectivity index (χ0) is 14.2. The first kappa shape index (κ1) is 14.6. The summed E-state index contributed by atoms with van der Waals surface area (Å²) in [4.78, 5) is 26.7. The Morgan fingerprint density at radius 3 is 2.58 bits per heavy atom. The number of aromatic nitrogens is 2. The maximum absolute atomic E-state index is 12.3. The van der Waals surface area contributed by atoms with Gasteiger partial charge in [-0.05, 0) is 47.2 Å². The van der Waals surface area contributed by atoms with Gasteiger partial charge in [-0.1, -0.05) is 30.1 Å². The van der Waals surface area contributed by atoms with E-state index in [1.807, 2.05) is 0 Å². The highest BCUT2D eigenvalue weighted by molar-refractivity contribution is 14.1. The third-order valence-electron chi connectivity index (χ3n) is 2.65. The second kappa shape index (κ2) is 5.68. The van der Waals surface area contributed by atoms with E-state index < -0.39 is 11.2 Å². The first-order valence-corrected chi connectivity index (χ1v) is 7.28. The van der Waals surface area contributed by atoms with E-state index in [1.165, 1.54) is 0 Å². The molecule has 2 rings (SSSR count). The maximum Gasteiger partial charge on any atom is 0.334 e. The quantitative estimate of drug-likeness (QED) is 0.611. The number of nitrogens with one attached hydrogen (secondary N) is 1. The van der Waals surface area contributed by atoms with Gasteiger partial charge in [-0.15, -0.1) is 0 Å². The summed E-state index contributed by atoms with van der Waals surface area (Å²) >= 11 is 14.0. The van der Waals surface area contributed by atoms with Gasteiger partial charge in [0.1, 0.15) is 5.15 Å². The lowest BCUT2D eigenvalue weighted by atomic mass is 10.2. The molecule has 0 aliphatic carbocycles. The van der Waals surface area contributed by atoms with Crippen molar-refractivity contribution in [1.82, 2.24) is 9.55 Å². The minimum Gasteiger partial charge on any atom is -0.297 e. The summed E-state index contributed by atoms with van der Waals surface area (Å²) in [6.07, 6.45) is 0.427. The van der Waals surface area contributed by atoms with Gasteiger partial charge in [0.15, 0.2) is 0 Å². The minimum absolute atomic E-state index is 0.0791. The largest absolute Gasteiger partial charge is 0.334 e. The first-order valence-electron chi connectivity index (χ1n) is 5.44. The Morgan fingerprint density at radius 2 is 2.00 bits per heavy atom. The Kier molecular flexibility index (Phi) is 4.37. The van der Waals surface area contributed by atoms with Crippen LogP contribution in [0.4, 0.5) is 0 Å². The summed E-state index contributed by atoms with van der Waals surface area (Å²) < 4.78 is 1.92. The number of aromatic amines is 1. The summed E-state index contributed by atoms with van der Waals surface area (Å²) in [5, 5.41) is 0.416. The zero-order valence-corrected chi connectivity index (χ0v) is 13.5. The highest BCUT2D eigenvalue weighted by Gasteiger charge is 2.14. The lowest BCUT2D eigenvalue weighted by Gasteiger charge is -2.09. The van der Waals surface area contributed by atoms with E-state index in [1.54, 1.807) is 25.1 Å². The predicted octanol–water partition coefficient (Wildman–Crippen LogP) is 3.00. The van der Waals surface area contributed by atoms with E-state index in [0.717, 1.165) is 8.14 Å². The first-order chi connectivity index (χ1) is 8.95. The zero-order valence-electron chi connectivity index (χ0n) is 9.84. The molecule has 1 aromatic carbocycles. The molecule has 1 aromatic heterocycles. The monoisotopic (exact) mass is 410 g/mol. The Balaban J connectivity index is 2.83. The number of hydrogen-bond acceptors (Lipinski definition) is 2. The van der Waals surface area contributed by atoms with Crippen molar-refractivity contribution in [1.29, 1.82) is 0 Å². The van der Waals surface area contributed by atoms with Crippen LogP contribution in [0.15, 0.2) is 27.8 Å². The highest BCUT2D eigenvalue weighted by Crippen LogP contribution is 2.21. The third kappa shape index (κ3) is 2.73. The van der Waals surface area contributed by atoms with Crippen molar-refractivity contribution in [3.8, 4) is 5.69 Å². The summed E-state index contributed by atoms with van der Waals surface area (Å²) in [5.74, 6) is 0. The van der Waals surface area contributed by atoms with Crippen molar-refractivity contribution >= 4 is 45.8 Å². The van der Waals surface area contributed by atoms with Crippen molar-refractivity contribution < 1.29 is 0 Å². The second-order valence-corrected chi connectivity index (χ2v) is 5.84. The van der Waals surface area contributed by atoms with Crippen LogP contribution in [0.25, 0.3) is 5.69 Å². The Hall–Kier alpha value is -0.790. The van der Waals surface area contributed by atoms with Gasteiger partial charge < -0.3 is 0 Å². The molecule has 0 unspecified atom stereocenters. The Labute approximate surface area is 132 Å². The molecule has 1 heterocycles. The van der Waals surface area contributed by atoms with E-state index in [2.05, 4.69) is 27.6 Å². The van der Waals surface area contributed by atoms with Gasteiger partial charge in [0.2, 0.25) is 0 Å². The van der Waals surface area contributed by atoms with Crippen LogP contribution in [0.2, 0.25) is 10.2 Å². The molecule has 0 bridgehead atoms. The van der Waals surface area contributed by atoms with Gasteiger partial charge in [0.25, 0.3) is 5.56 Å². The maximum atomic E-state index is 12.3. The van der Waals surface area contributed by atoms with E-state index >= 15 is 0 Å². The lowest BCUT2D eigenvalue weighted by molar-refractivity contribution is 0.842. The number of nitrogens with zero attached hydrogens (tertiary/aromatic N) is 1. The van der Waals surface area contributed by atoms with Gasteiger partial charge in [-0.2, -0.15) is 0 Å². The molecular weight excluding hydrogens is 402 g/mol. The summed E-state index contributed by atoms with van der Waals surface area (Å²) in [5.41, 5.74) is -0.342. The van der Waals surface area contributed by atoms with Gasteiger partial charge in [-0.3, -0.25) is 9.78 Å². The minimum atomic E-state index is -0.602. The fourth-order valence-corrected chi connectivity index (χ4v) is 2.97. The van der Waals surface area contributed by atoms with E-state index in [-0.39, 0.29) is 5.15 Å². The molecule has 100 valence electrons. The van der Waals surface area contributed by atoms with Gasteiger partial charge in [-0.25, -0.2) is 9.36 Å². The fourth-order valence-electron chi connectivity index (χ4n) is 1.73. The number of rotatable bonds is 2. The lowest BCUT2D eigenvalue weighted by Crippen LogP contribution is -2.36. The fraction of sp³-hybridized carbons (Fsp3) is 0.167. The smallest absolute Gasteiger partial charge is 0.297 e. The molecule has 2 aromatic rings. The molecule has 0 spiro atoms. The van der Waals surface area contributed by atoms with Gasteiger partial charge in [0, 0.05) is 3.57 Å². The van der Waals surface area contributed by atoms with Crippen LogP contribution >= 0.6 is 45.8 Å². The molecule has 0 amide bonds. The third-order valence-corrected chi connectivity index (χ3v) is 3.95. The molecule has 0 saturated heterocycles. The number of halogens is 3. The number of H-pyrrole nitrogens is 1. The second-order valence-electron chi connectivity index (χ2n) is 3.81.